The Kier molecular flexibility index (Phi) is 5.06. The molecule has 140 valence electrons. The fraction of sp³-hybridized carbons (Fsp3) is 0.130. The predicted octanol–water partition coefficient (Wildman–Crippen LogP) is 3.28. The van der Waals surface area contributed by atoms with E-state index >= 15 is 0 Å². The second-order valence-corrected chi connectivity index (χ2v) is 6.72. The minimum atomic E-state index is -0.186. The van der Waals surface area contributed by atoms with Crippen LogP contribution in [0, 0.1) is 0 Å². The smallest absolute Gasteiger partial charge is 0.250 e. The van der Waals surface area contributed by atoms with Crippen LogP contribution in [0.1, 0.15) is 17.0 Å². The lowest BCUT2D eigenvalue weighted by Crippen LogP contribution is -2.34. The molecule has 0 fully saturated rings. The van der Waals surface area contributed by atoms with Crippen LogP contribution in [0.15, 0.2) is 90.0 Å². The van der Waals surface area contributed by atoms with Crippen molar-refractivity contribution in [3.8, 4) is 0 Å². The van der Waals surface area contributed by atoms with Crippen molar-refractivity contribution >= 4 is 16.8 Å². The van der Waals surface area contributed by atoms with Crippen LogP contribution in [0.5, 0.6) is 0 Å². The van der Waals surface area contributed by atoms with E-state index in [9.17, 15) is 9.59 Å². The summed E-state index contributed by atoms with van der Waals surface area (Å²) in [7, 11) is 0. The van der Waals surface area contributed by atoms with Gasteiger partial charge in [-0.25, -0.2) is 0 Å². The van der Waals surface area contributed by atoms with Gasteiger partial charge in [-0.1, -0.05) is 54.6 Å². The highest BCUT2D eigenvalue weighted by Crippen LogP contribution is 2.30. The van der Waals surface area contributed by atoms with Crippen molar-refractivity contribution in [3.63, 3.8) is 0 Å². The van der Waals surface area contributed by atoms with Crippen molar-refractivity contribution in [1.29, 1.82) is 0 Å². The summed E-state index contributed by atoms with van der Waals surface area (Å²) in [5.41, 5.74) is 3.15. The van der Waals surface area contributed by atoms with E-state index < -0.39 is 0 Å². The van der Waals surface area contributed by atoms with Crippen LogP contribution in [0.2, 0.25) is 0 Å². The molecule has 4 aromatic rings. The number of carbonyl (C=O) groups excluding carboxylic acids is 1. The maximum Gasteiger partial charge on any atom is 0.250 e. The molecule has 2 heterocycles. The maximum absolute atomic E-state index is 12.5. The molecule has 0 radical (unpaired) electrons. The lowest BCUT2D eigenvalue weighted by atomic mass is 9.91. The molecule has 0 spiro atoms. The average Bonchev–Trinajstić information content (AvgIpc) is 3.15. The van der Waals surface area contributed by atoms with Crippen LogP contribution >= 0.6 is 0 Å². The van der Waals surface area contributed by atoms with Crippen molar-refractivity contribution in [2.75, 3.05) is 6.54 Å². The third-order valence-corrected chi connectivity index (χ3v) is 4.91. The highest BCUT2D eigenvalue weighted by atomic mass is 16.2. The zero-order valence-corrected chi connectivity index (χ0v) is 15.3. The van der Waals surface area contributed by atoms with Gasteiger partial charge >= 0.3 is 0 Å². The van der Waals surface area contributed by atoms with Gasteiger partial charge in [-0.3, -0.25) is 9.59 Å². The van der Waals surface area contributed by atoms with Crippen LogP contribution < -0.4 is 10.9 Å². The number of para-hydroxylation sites is 1. The van der Waals surface area contributed by atoms with Gasteiger partial charge < -0.3 is 14.9 Å². The van der Waals surface area contributed by atoms with Gasteiger partial charge in [0, 0.05) is 41.8 Å². The Hall–Kier alpha value is -3.60. The van der Waals surface area contributed by atoms with Gasteiger partial charge in [0.25, 0.3) is 5.56 Å². The third kappa shape index (κ3) is 3.74. The van der Waals surface area contributed by atoms with Crippen molar-refractivity contribution in [2.45, 2.75) is 12.5 Å². The number of amides is 1. The molecular weight excluding hydrogens is 350 g/mol. The van der Waals surface area contributed by atoms with E-state index in [-0.39, 0.29) is 23.9 Å². The van der Waals surface area contributed by atoms with Gasteiger partial charge in [-0.05, 0) is 23.3 Å². The summed E-state index contributed by atoms with van der Waals surface area (Å²) in [5.74, 6) is -0.178. The van der Waals surface area contributed by atoms with Gasteiger partial charge in [0.2, 0.25) is 5.91 Å². The number of H-pyrrole nitrogens is 1. The number of hydrogen-bond donors (Lipinski definition) is 2. The first kappa shape index (κ1) is 17.8. The van der Waals surface area contributed by atoms with E-state index in [2.05, 4.69) is 28.5 Å². The van der Waals surface area contributed by atoms with Crippen LogP contribution in [-0.2, 0) is 11.3 Å². The first-order valence-corrected chi connectivity index (χ1v) is 9.25. The van der Waals surface area contributed by atoms with Crippen molar-refractivity contribution in [3.05, 3.63) is 107 Å². The van der Waals surface area contributed by atoms with E-state index in [4.69, 9.17) is 0 Å². The molecule has 28 heavy (non-hydrogen) atoms. The fourth-order valence-electron chi connectivity index (χ4n) is 3.49. The number of nitrogens with zero attached hydrogens (tertiary/aromatic N) is 1. The Morgan fingerprint density at radius 3 is 2.54 bits per heavy atom. The summed E-state index contributed by atoms with van der Waals surface area (Å²) in [6, 6.07) is 23.1. The minimum Gasteiger partial charge on any atom is -0.361 e. The van der Waals surface area contributed by atoms with Crippen LogP contribution in [0.4, 0.5) is 0 Å². The summed E-state index contributed by atoms with van der Waals surface area (Å²) in [4.78, 5) is 27.6. The number of rotatable bonds is 6. The molecule has 1 atom stereocenters. The van der Waals surface area contributed by atoms with Crippen LogP contribution in [-0.4, -0.2) is 22.0 Å². The summed E-state index contributed by atoms with van der Waals surface area (Å²) < 4.78 is 1.40. The molecule has 0 saturated heterocycles. The highest BCUT2D eigenvalue weighted by molar-refractivity contribution is 5.84. The number of aromatic nitrogens is 2. The van der Waals surface area contributed by atoms with E-state index in [1.165, 1.54) is 10.6 Å². The Morgan fingerprint density at radius 2 is 1.71 bits per heavy atom. The van der Waals surface area contributed by atoms with Gasteiger partial charge in [-0.15, -0.1) is 0 Å². The van der Waals surface area contributed by atoms with E-state index in [0.29, 0.717) is 6.54 Å². The maximum atomic E-state index is 12.5. The molecule has 0 aliphatic carbocycles. The Morgan fingerprint density at radius 1 is 0.964 bits per heavy atom. The standard InChI is InChI=1S/C23H21N3O2/c27-22(16-26-13-7-6-12-23(26)28)25-14-19(17-8-2-1-3-9-17)20-15-24-21-11-5-4-10-18(20)21/h1-13,15,19,24H,14,16H2,(H,25,27). The zero-order chi connectivity index (χ0) is 19.3. The average molecular weight is 371 g/mol. The normalized spacial score (nSPS) is 12.0. The van der Waals surface area contributed by atoms with E-state index in [1.54, 1.807) is 18.3 Å². The zero-order valence-electron chi connectivity index (χ0n) is 15.3. The molecule has 0 aliphatic heterocycles. The number of pyridine rings is 1. The minimum absolute atomic E-state index is 0.00814. The molecule has 0 aliphatic rings. The highest BCUT2D eigenvalue weighted by Gasteiger charge is 2.19. The van der Waals surface area contributed by atoms with Crippen molar-refractivity contribution in [1.82, 2.24) is 14.9 Å². The quantitative estimate of drug-likeness (QED) is 0.546. The van der Waals surface area contributed by atoms with Crippen molar-refractivity contribution in [2.24, 2.45) is 0 Å². The number of nitrogens with one attached hydrogen (secondary N) is 2. The molecule has 2 aromatic carbocycles. The second kappa shape index (κ2) is 7.96. The summed E-state index contributed by atoms with van der Waals surface area (Å²) in [5, 5.41) is 4.14. The summed E-state index contributed by atoms with van der Waals surface area (Å²) in [6.45, 7) is 0.460. The molecule has 5 heteroatoms. The number of aromatic amines is 1. The monoisotopic (exact) mass is 371 g/mol. The number of hydrogen-bond acceptors (Lipinski definition) is 2. The van der Waals surface area contributed by atoms with Gasteiger partial charge in [0.05, 0.1) is 0 Å². The first-order valence-electron chi connectivity index (χ1n) is 9.25. The molecule has 4 rings (SSSR count). The summed E-state index contributed by atoms with van der Waals surface area (Å²) in [6.07, 6.45) is 3.63. The fourth-order valence-corrected chi connectivity index (χ4v) is 3.49. The second-order valence-electron chi connectivity index (χ2n) is 6.72. The third-order valence-electron chi connectivity index (χ3n) is 4.91. The Bertz CT molecular complexity index is 1140. The molecule has 1 unspecified atom stereocenters. The first-order chi connectivity index (χ1) is 13.7. The topological polar surface area (TPSA) is 66.9 Å². The molecule has 5 nitrogen and oxygen atoms in total. The SMILES string of the molecule is O=C(Cn1ccccc1=O)NCC(c1ccccc1)c1c[nH]c2ccccc12. The Balaban J connectivity index is 1.58. The number of fused-ring (bicyclic) bond motifs is 1. The van der Waals surface area contributed by atoms with E-state index in [0.717, 1.165) is 22.0 Å². The molecule has 0 saturated carbocycles. The molecule has 0 bridgehead atoms. The van der Waals surface area contributed by atoms with Gasteiger partial charge in [0.15, 0.2) is 0 Å². The lowest BCUT2D eigenvalue weighted by molar-refractivity contribution is -0.121. The van der Waals surface area contributed by atoms with Gasteiger partial charge in [0.1, 0.15) is 6.54 Å². The lowest BCUT2D eigenvalue weighted by Gasteiger charge is -2.18. The number of benzene rings is 2. The molecule has 2 aromatic heterocycles. The van der Waals surface area contributed by atoms with Crippen molar-refractivity contribution < 1.29 is 4.79 Å². The van der Waals surface area contributed by atoms with Crippen LogP contribution in [0.3, 0.4) is 0 Å². The summed E-state index contributed by atoms with van der Waals surface area (Å²) >= 11 is 0. The Labute approximate surface area is 162 Å². The van der Waals surface area contributed by atoms with E-state index in [1.807, 2.05) is 42.6 Å². The number of carbonyl (C=O) groups is 1. The molecule has 2 N–H and O–H groups in total. The predicted molar refractivity (Wildman–Crippen MR) is 110 cm³/mol. The van der Waals surface area contributed by atoms with Gasteiger partial charge in [-0.2, -0.15) is 0 Å². The molecular formula is C23H21N3O2. The molecule has 1 amide bonds. The van der Waals surface area contributed by atoms with Crippen LogP contribution in [0.25, 0.3) is 10.9 Å². The largest absolute Gasteiger partial charge is 0.361 e.